The smallest absolute Gasteiger partial charge is 0.267 e. The van der Waals surface area contributed by atoms with E-state index in [1.54, 1.807) is 31.2 Å². The summed E-state index contributed by atoms with van der Waals surface area (Å²) in [6.45, 7) is 9.84. The molecule has 1 aliphatic rings. The van der Waals surface area contributed by atoms with Gasteiger partial charge in [-0.3, -0.25) is 9.59 Å². The predicted octanol–water partition coefficient (Wildman–Crippen LogP) is 1.46. The maximum Gasteiger partial charge on any atom is 0.267 e. The molecule has 3 rings (SSSR count). The first-order valence-corrected chi connectivity index (χ1v) is 9.49. The van der Waals surface area contributed by atoms with Crippen LogP contribution in [-0.2, 0) is 4.79 Å². The van der Waals surface area contributed by atoms with Crippen molar-refractivity contribution >= 4 is 29.3 Å². The normalized spacial score (nSPS) is 15.1. The van der Waals surface area contributed by atoms with Gasteiger partial charge in [-0.1, -0.05) is 12.1 Å². The lowest BCUT2D eigenvalue weighted by Crippen LogP contribution is -2.39. The number of benzene rings is 1. The number of hydrogen-bond donors (Lipinski definition) is 3. The van der Waals surface area contributed by atoms with E-state index >= 15 is 0 Å². The fourth-order valence-electron chi connectivity index (χ4n) is 3.03. The van der Waals surface area contributed by atoms with Gasteiger partial charge in [0.15, 0.2) is 5.69 Å². The third-order valence-corrected chi connectivity index (χ3v) is 4.75. The number of piperidine rings is 1. The Morgan fingerprint density at radius 3 is 2.47 bits per heavy atom. The van der Waals surface area contributed by atoms with E-state index in [1.807, 2.05) is 4.90 Å². The summed E-state index contributed by atoms with van der Waals surface area (Å²) in [6, 6.07) is 7.76. The van der Waals surface area contributed by atoms with Gasteiger partial charge in [0.25, 0.3) is 5.91 Å². The van der Waals surface area contributed by atoms with Crippen LogP contribution in [0.1, 0.15) is 30.3 Å². The molecule has 2 aromatic rings. The van der Waals surface area contributed by atoms with Gasteiger partial charge < -0.3 is 26.4 Å². The van der Waals surface area contributed by atoms with Gasteiger partial charge in [-0.15, -0.1) is 0 Å². The van der Waals surface area contributed by atoms with E-state index in [1.165, 1.54) is 6.07 Å². The van der Waals surface area contributed by atoms with Crippen LogP contribution in [0.4, 0.5) is 17.5 Å². The molecular weight excluding hydrogens is 386 g/mol. The van der Waals surface area contributed by atoms with Crippen LogP contribution < -0.4 is 26.4 Å². The molecule has 0 aliphatic carbocycles. The SMILES string of the molecule is [C-]#[N+]c1ccc(OC2CCN(c3nc(N[C@@H](C)C(N)=O)cc(C(N)=O)n3)CC2)cc1. The first-order chi connectivity index (χ1) is 14.4. The van der Waals surface area contributed by atoms with Crippen molar-refractivity contribution in [3.05, 3.63) is 47.4 Å². The third kappa shape index (κ3) is 5.14. The van der Waals surface area contributed by atoms with Gasteiger partial charge in [-0.2, -0.15) is 4.98 Å². The summed E-state index contributed by atoms with van der Waals surface area (Å²) < 4.78 is 6.00. The molecule has 0 radical (unpaired) electrons. The number of primary amides is 2. The van der Waals surface area contributed by atoms with Crippen molar-refractivity contribution < 1.29 is 14.3 Å². The largest absolute Gasteiger partial charge is 0.490 e. The molecule has 2 heterocycles. The van der Waals surface area contributed by atoms with E-state index in [2.05, 4.69) is 20.1 Å². The zero-order chi connectivity index (χ0) is 21.7. The number of carbonyl (C=O) groups is 2. The number of anilines is 2. The third-order valence-electron chi connectivity index (χ3n) is 4.75. The Labute approximate surface area is 174 Å². The quantitative estimate of drug-likeness (QED) is 0.588. The summed E-state index contributed by atoms with van der Waals surface area (Å²) in [5.41, 5.74) is 11.3. The number of amides is 2. The summed E-state index contributed by atoms with van der Waals surface area (Å²) in [6.07, 6.45) is 1.48. The summed E-state index contributed by atoms with van der Waals surface area (Å²) in [4.78, 5) is 36.9. The highest BCUT2D eigenvalue weighted by Crippen LogP contribution is 2.24. The Balaban J connectivity index is 1.67. The van der Waals surface area contributed by atoms with Crippen molar-refractivity contribution in [2.24, 2.45) is 11.5 Å². The van der Waals surface area contributed by atoms with Gasteiger partial charge in [0, 0.05) is 32.0 Å². The van der Waals surface area contributed by atoms with Crippen molar-refractivity contribution in [1.82, 2.24) is 9.97 Å². The lowest BCUT2D eigenvalue weighted by molar-refractivity contribution is -0.118. The highest BCUT2D eigenvalue weighted by Gasteiger charge is 2.24. The maximum atomic E-state index is 11.7. The lowest BCUT2D eigenvalue weighted by Gasteiger charge is -2.32. The van der Waals surface area contributed by atoms with Crippen LogP contribution in [-0.4, -0.2) is 47.0 Å². The average molecular weight is 409 g/mol. The van der Waals surface area contributed by atoms with Gasteiger partial charge in [0.2, 0.25) is 11.9 Å². The number of nitrogens with one attached hydrogen (secondary N) is 1. The monoisotopic (exact) mass is 409 g/mol. The van der Waals surface area contributed by atoms with E-state index in [-0.39, 0.29) is 11.8 Å². The Morgan fingerprint density at radius 2 is 1.90 bits per heavy atom. The van der Waals surface area contributed by atoms with Crippen LogP contribution >= 0.6 is 0 Å². The van der Waals surface area contributed by atoms with Crippen LogP contribution in [0, 0.1) is 6.57 Å². The number of carbonyl (C=O) groups excluding carboxylic acids is 2. The van der Waals surface area contributed by atoms with Gasteiger partial charge >= 0.3 is 0 Å². The van der Waals surface area contributed by atoms with Crippen molar-refractivity contribution in [2.75, 3.05) is 23.3 Å². The molecule has 0 unspecified atom stereocenters. The topological polar surface area (TPSA) is 141 Å². The fourth-order valence-corrected chi connectivity index (χ4v) is 3.03. The minimum absolute atomic E-state index is 0.0202. The number of hydrogen-bond acceptors (Lipinski definition) is 7. The van der Waals surface area contributed by atoms with Gasteiger partial charge in [0.1, 0.15) is 29.4 Å². The van der Waals surface area contributed by atoms with E-state index in [4.69, 9.17) is 22.8 Å². The number of rotatable bonds is 7. The molecule has 0 spiro atoms. The predicted molar refractivity (Wildman–Crippen MR) is 111 cm³/mol. The van der Waals surface area contributed by atoms with Crippen molar-refractivity contribution in [2.45, 2.75) is 31.9 Å². The summed E-state index contributed by atoms with van der Waals surface area (Å²) in [5.74, 6) is 0.149. The molecule has 0 bridgehead atoms. The maximum absolute atomic E-state index is 11.7. The highest BCUT2D eigenvalue weighted by atomic mass is 16.5. The minimum atomic E-state index is -0.686. The molecule has 30 heavy (non-hydrogen) atoms. The molecule has 10 heteroatoms. The standard InChI is InChI=1S/C20H23N7O3/c1-12(18(21)28)24-17-11-16(19(22)29)25-20(26-17)27-9-7-15(8-10-27)30-14-5-3-13(23-2)4-6-14/h3-6,11-12,15H,7-10H2,1H3,(H2,21,28)(H2,22,29)(H,24,25,26)/t12-/m0/s1. The molecule has 156 valence electrons. The molecule has 2 amide bonds. The number of ether oxygens (including phenoxy) is 1. The van der Waals surface area contributed by atoms with Crippen LogP contribution in [0.2, 0.25) is 0 Å². The molecule has 5 N–H and O–H groups in total. The second-order valence-electron chi connectivity index (χ2n) is 6.98. The number of aromatic nitrogens is 2. The Bertz CT molecular complexity index is 963. The Kier molecular flexibility index (Phi) is 6.32. The zero-order valence-corrected chi connectivity index (χ0v) is 16.5. The number of nitrogens with two attached hydrogens (primary N) is 2. The van der Waals surface area contributed by atoms with E-state index < -0.39 is 17.9 Å². The summed E-state index contributed by atoms with van der Waals surface area (Å²) >= 11 is 0. The van der Waals surface area contributed by atoms with Crippen molar-refractivity contribution in [1.29, 1.82) is 0 Å². The first kappa shape index (κ1) is 20.9. The van der Waals surface area contributed by atoms with Gasteiger partial charge in [-0.05, 0) is 19.1 Å². The van der Waals surface area contributed by atoms with E-state index in [9.17, 15) is 9.59 Å². The van der Waals surface area contributed by atoms with Crippen LogP contribution in [0.5, 0.6) is 5.75 Å². The van der Waals surface area contributed by atoms with Crippen molar-refractivity contribution in [3.63, 3.8) is 0 Å². The second-order valence-corrected chi connectivity index (χ2v) is 6.98. The summed E-state index contributed by atoms with van der Waals surface area (Å²) in [7, 11) is 0. The van der Waals surface area contributed by atoms with Gasteiger partial charge in [0.05, 0.1) is 6.57 Å². The van der Waals surface area contributed by atoms with E-state index in [0.717, 1.165) is 18.6 Å². The highest BCUT2D eigenvalue weighted by molar-refractivity contribution is 5.92. The molecule has 1 aromatic carbocycles. The lowest BCUT2D eigenvalue weighted by atomic mass is 10.1. The Hall–Kier alpha value is -3.87. The molecule has 1 fully saturated rings. The molecule has 10 nitrogen and oxygen atoms in total. The molecule has 0 saturated carbocycles. The van der Waals surface area contributed by atoms with Crippen molar-refractivity contribution in [3.8, 4) is 5.75 Å². The summed E-state index contributed by atoms with van der Waals surface area (Å²) in [5, 5.41) is 2.86. The Morgan fingerprint density at radius 1 is 1.23 bits per heavy atom. The molecular formula is C20H23N7O3. The van der Waals surface area contributed by atoms with Crippen LogP contribution in [0.15, 0.2) is 30.3 Å². The fraction of sp³-hybridized carbons (Fsp3) is 0.350. The van der Waals surface area contributed by atoms with Gasteiger partial charge in [-0.25, -0.2) is 9.83 Å². The minimum Gasteiger partial charge on any atom is -0.490 e. The molecule has 1 aliphatic heterocycles. The first-order valence-electron chi connectivity index (χ1n) is 9.49. The van der Waals surface area contributed by atoms with Crippen LogP contribution in [0.25, 0.3) is 4.85 Å². The average Bonchev–Trinajstić information content (AvgIpc) is 2.74. The zero-order valence-electron chi connectivity index (χ0n) is 16.5. The molecule has 1 aromatic heterocycles. The molecule has 1 saturated heterocycles. The van der Waals surface area contributed by atoms with E-state index in [0.29, 0.717) is 30.5 Å². The number of nitrogens with zero attached hydrogens (tertiary/aromatic N) is 4. The molecule has 1 atom stereocenters. The second kappa shape index (κ2) is 9.09. The van der Waals surface area contributed by atoms with Crippen LogP contribution in [0.3, 0.4) is 0 Å².